The van der Waals surface area contributed by atoms with E-state index in [0.717, 1.165) is 21.4 Å². The van der Waals surface area contributed by atoms with E-state index in [1.54, 1.807) is 28.8 Å². The first-order valence-corrected chi connectivity index (χ1v) is 18.1. The van der Waals surface area contributed by atoms with Crippen LogP contribution in [0.4, 0.5) is 14.5 Å². The van der Waals surface area contributed by atoms with Crippen LogP contribution in [0.1, 0.15) is 45.5 Å². The molecule has 13 nitrogen and oxygen atoms in total. The Kier molecular flexibility index (Phi) is 12.6. The molecule has 0 radical (unpaired) electrons. The number of hydrogen-bond acceptors (Lipinski definition) is 9. The second kappa shape index (κ2) is 17.7. The lowest BCUT2D eigenvalue weighted by atomic mass is 10.0. The minimum atomic E-state index is -1.08. The van der Waals surface area contributed by atoms with Gasteiger partial charge in [0.2, 0.25) is 17.7 Å². The number of ether oxygens (including phenoxy) is 3. The molecule has 1 saturated heterocycles. The molecule has 0 saturated carbocycles. The van der Waals surface area contributed by atoms with Crippen molar-refractivity contribution in [2.45, 2.75) is 31.8 Å². The molecule has 4 N–H and O–H groups in total. The summed E-state index contributed by atoms with van der Waals surface area (Å²) in [5, 5.41) is 5.85. The second-order valence-corrected chi connectivity index (χ2v) is 13.5. The maximum absolute atomic E-state index is 13.5. The molecule has 2 aliphatic rings. The van der Waals surface area contributed by atoms with E-state index in [9.17, 15) is 32.8 Å². The van der Waals surface area contributed by atoms with Crippen LogP contribution in [0.5, 0.6) is 5.75 Å². The summed E-state index contributed by atoms with van der Waals surface area (Å²) >= 11 is 5.14. The topological polar surface area (TPSA) is 171 Å². The summed E-state index contributed by atoms with van der Waals surface area (Å²) in [4.78, 5) is 63.9. The summed E-state index contributed by atoms with van der Waals surface area (Å²) < 4.78 is 45.7. The van der Waals surface area contributed by atoms with Gasteiger partial charge in [0.15, 0.2) is 0 Å². The molecule has 1 atom stereocenters. The first-order valence-electron chi connectivity index (χ1n) is 17.7. The summed E-state index contributed by atoms with van der Waals surface area (Å²) in [5.74, 6) is -3.37. The number of hydrogen-bond donors (Lipinski definition) is 3. The van der Waals surface area contributed by atoms with Crippen molar-refractivity contribution in [1.29, 1.82) is 0 Å². The number of amides is 5. The zero-order chi connectivity index (χ0) is 39.1. The molecular formula is C39H39F2N5O8S. The Bertz CT molecular complexity index is 2140. The number of fused-ring (bicyclic) bond motifs is 2. The third kappa shape index (κ3) is 8.88. The monoisotopic (exact) mass is 775 g/mol. The van der Waals surface area contributed by atoms with Gasteiger partial charge in [0, 0.05) is 47.3 Å². The third-order valence-electron chi connectivity index (χ3n) is 9.28. The molecule has 3 aromatic carbocycles. The smallest absolute Gasteiger partial charge is 0.266 e. The number of halogens is 2. The van der Waals surface area contributed by atoms with Crippen molar-refractivity contribution in [3.63, 3.8) is 0 Å². The number of nitrogens with zero attached hydrogens (tertiary/aromatic N) is 2. The average molecular weight is 776 g/mol. The zero-order valence-electron chi connectivity index (χ0n) is 29.7. The molecule has 1 aromatic heterocycles. The SMILES string of the molecule is NC(=S)c1cccc(-c2cn(CC(CF)CF)c3cc(NC(=O)CCOCCOCCOc4cccc5c4C(=O)N(C4CCC(=O)NC4=O)C5=O)ccc23)c1. The van der Waals surface area contributed by atoms with Crippen LogP contribution >= 0.6 is 12.2 Å². The van der Waals surface area contributed by atoms with Gasteiger partial charge in [0.1, 0.15) is 23.4 Å². The lowest BCUT2D eigenvalue weighted by Crippen LogP contribution is -2.54. The number of carbonyl (C=O) groups excluding carboxylic acids is 5. The molecule has 6 rings (SSSR count). The number of imide groups is 2. The Morgan fingerprint density at radius 1 is 0.927 bits per heavy atom. The van der Waals surface area contributed by atoms with Gasteiger partial charge < -0.3 is 29.8 Å². The van der Waals surface area contributed by atoms with Crippen molar-refractivity contribution in [2.75, 3.05) is 51.7 Å². The predicted molar refractivity (Wildman–Crippen MR) is 202 cm³/mol. The number of nitrogens with two attached hydrogens (primary N) is 1. The van der Waals surface area contributed by atoms with Crippen LogP contribution in [0, 0.1) is 5.92 Å². The normalized spacial score (nSPS) is 15.5. The van der Waals surface area contributed by atoms with E-state index < -0.39 is 48.9 Å². The Hall–Kier alpha value is -5.58. The molecule has 5 amide bonds. The van der Waals surface area contributed by atoms with Gasteiger partial charge in [0.25, 0.3) is 11.8 Å². The van der Waals surface area contributed by atoms with E-state index in [2.05, 4.69) is 10.6 Å². The van der Waals surface area contributed by atoms with Gasteiger partial charge >= 0.3 is 0 Å². The van der Waals surface area contributed by atoms with E-state index in [0.29, 0.717) is 16.8 Å². The summed E-state index contributed by atoms with van der Waals surface area (Å²) in [7, 11) is 0. The van der Waals surface area contributed by atoms with E-state index >= 15 is 0 Å². The molecule has 16 heteroatoms. The Morgan fingerprint density at radius 2 is 1.67 bits per heavy atom. The molecule has 3 heterocycles. The fourth-order valence-electron chi connectivity index (χ4n) is 6.53. The van der Waals surface area contributed by atoms with Gasteiger partial charge in [-0.2, -0.15) is 0 Å². The Labute approximate surface area is 320 Å². The van der Waals surface area contributed by atoms with E-state index in [1.807, 2.05) is 36.5 Å². The van der Waals surface area contributed by atoms with Crippen molar-refractivity contribution in [3.05, 3.63) is 83.6 Å². The van der Waals surface area contributed by atoms with Crippen LogP contribution in [0.2, 0.25) is 0 Å². The number of carbonyl (C=O) groups is 5. The van der Waals surface area contributed by atoms with Gasteiger partial charge in [-0.15, -0.1) is 0 Å². The largest absolute Gasteiger partial charge is 0.490 e. The summed E-state index contributed by atoms with van der Waals surface area (Å²) in [6.45, 7) is -0.791. The highest BCUT2D eigenvalue weighted by atomic mass is 32.1. The second-order valence-electron chi connectivity index (χ2n) is 13.0. The zero-order valence-corrected chi connectivity index (χ0v) is 30.5. The molecule has 0 bridgehead atoms. The number of thiocarbonyl (C=S) groups is 1. The molecule has 1 unspecified atom stereocenters. The minimum absolute atomic E-state index is 0.0212. The molecule has 0 spiro atoms. The van der Waals surface area contributed by atoms with E-state index in [4.69, 9.17) is 32.2 Å². The summed E-state index contributed by atoms with van der Waals surface area (Å²) in [6, 6.07) is 16.3. The Balaban J connectivity index is 0.952. The minimum Gasteiger partial charge on any atom is -0.490 e. The van der Waals surface area contributed by atoms with Crippen molar-refractivity contribution in [3.8, 4) is 16.9 Å². The molecule has 4 aromatic rings. The van der Waals surface area contributed by atoms with Gasteiger partial charge in [-0.1, -0.05) is 42.5 Å². The maximum Gasteiger partial charge on any atom is 0.266 e. The van der Waals surface area contributed by atoms with Gasteiger partial charge in [-0.25, -0.2) is 0 Å². The van der Waals surface area contributed by atoms with Crippen LogP contribution in [-0.4, -0.2) is 96.4 Å². The molecule has 55 heavy (non-hydrogen) atoms. The van der Waals surface area contributed by atoms with Gasteiger partial charge in [-0.3, -0.25) is 43.0 Å². The van der Waals surface area contributed by atoms with Crippen LogP contribution in [-0.2, 0) is 30.4 Å². The van der Waals surface area contributed by atoms with E-state index in [-0.39, 0.29) is 86.6 Å². The lowest BCUT2D eigenvalue weighted by molar-refractivity contribution is -0.136. The maximum atomic E-state index is 13.5. The first kappa shape index (κ1) is 39.1. The van der Waals surface area contributed by atoms with Crippen LogP contribution < -0.4 is 21.1 Å². The number of anilines is 1. The predicted octanol–water partition coefficient (Wildman–Crippen LogP) is 4.34. The number of rotatable bonds is 18. The van der Waals surface area contributed by atoms with Crippen molar-refractivity contribution < 1.29 is 47.0 Å². The summed E-state index contributed by atoms with van der Waals surface area (Å²) in [5.41, 5.74) is 9.58. The van der Waals surface area contributed by atoms with Crippen molar-refractivity contribution >= 4 is 63.3 Å². The first-order chi connectivity index (χ1) is 26.6. The molecular weight excluding hydrogens is 737 g/mol. The van der Waals surface area contributed by atoms with Crippen molar-refractivity contribution in [1.82, 2.24) is 14.8 Å². The fourth-order valence-corrected chi connectivity index (χ4v) is 6.66. The number of aromatic nitrogens is 1. The molecule has 2 aliphatic heterocycles. The number of benzene rings is 3. The molecule has 1 fully saturated rings. The van der Waals surface area contributed by atoms with Crippen molar-refractivity contribution in [2.24, 2.45) is 11.7 Å². The Morgan fingerprint density at radius 3 is 2.42 bits per heavy atom. The standard InChI is InChI=1S/C39H39F2N5O8S/c40-19-23(20-41)21-45-22-29(24-3-1-4-25(17-24)36(42)55)27-8-7-26(18-31(27)45)43-34(48)11-12-52-13-14-53-15-16-54-32-6-2-5-28-35(32)39(51)46(38(28)50)30-9-10-33(47)44-37(30)49/h1-8,17-18,22-23,30H,9-16,19-21H2,(H2,42,55)(H,43,48)(H,44,47,49). The fraction of sp³-hybridized carbons (Fsp3) is 0.333. The number of piperidine rings is 1. The highest BCUT2D eigenvalue weighted by Crippen LogP contribution is 2.35. The number of alkyl halides is 2. The molecule has 0 aliphatic carbocycles. The van der Waals surface area contributed by atoms with Crippen LogP contribution in [0.25, 0.3) is 22.0 Å². The third-order valence-corrected chi connectivity index (χ3v) is 9.51. The van der Waals surface area contributed by atoms with Gasteiger partial charge in [-0.05, 0) is 42.3 Å². The van der Waals surface area contributed by atoms with Crippen LogP contribution in [0.3, 0.4) is 0 Å². The van der Waals surface area contributed by atoms with Crippen LogP contribution in [0.15, 0.2) is 66.9 Å². The summed E-state index contributed by atoms with van der Waals surface area (Å²) in [6.07, 6.45) is 1.97. The highest BCUT2D eigenvalue weighted by molar-refractivity contribution is 7.80. The van der Waals surface area contributed by atoms with Gasteiger partial charge in [0.05, 0.1) is 62.8 Å². The average Bonchev–Trinajstić information content (AvgIpc) is 3.66. The highest BCUT2D eigenvalue weighted by Gasteiger charge is 2.46. The lowest BCUT2D eigenvalue weighted by Gasteiger charge is -2.27. The van der Waals surface area contributed by atoms with E-state index in [1.165, 1.54) is 6.07 Å². The molecule has 288 valence electrons. The quantitative estimate of drug-likeness (QED) is 0.0751. The number of nitrogens with one attached hydrogen (secondary N) is 2.